The largest absolute Gasteiger partial charge is 0.496 e. The van der Waals surface area contributed by atoms with Crippen LogP contribution in [0.15, 0.2) is 71.4 Å². The van der Waals surface area contributed by atoms with Crippen LogP contribution in [-0.4, -0.2) is 39.7 Å². The molecule has 0 saturated heterocycles. The van der Waals surface area contributed by atoms with E-state index < -0.39 is 0 Å². The van der Waals surface area contributed by atoms with Crippen LogP contribution in [0.1, 0.15) is 11.4 Å². The Morgan fingerprint density at radius 2 is 2.03 bits per heavy atom. The number of hydrazone groups is 1. The van der Waals surface area contributed by atoms with Crippen LogP contribution in [0, 0.1) is 3.57 Å². The molecule has 1 aromatic heterocycles. The van der Waals surface area contributed by atoms with Crippen LogP contribution in [0.5, 0.6) is 5.75 Å². The van der Waals surface area contributed by atoms with E-state index in [2.05, 4.69) is 55.2 Å². The third-order valence-electron chi connectivity index (χ3n) is 4.26. The van der Waals surface area contributed by atoms with Crippen LogP contribution in [-0.2, 0) is 17.9 Å². The number of rotatable bonds is 11. The Bertz CT molecular complexity index is 1080. The SMILES string of the molecule is C=CCn1c(CNc2ccc(I)cc2)nnc1SCC(=O)N/N=C/c1ccccc1OC. The molecular weight excluding hydrogens is 539 g/mol. The van der Waals surface area contributed by atoms with E-state index in [-0.39, 0.29) is 11.7 Å². The van der Waals surface area contributed by atoms with Crippen LogP contribution in [0.25, 0.3) is 0 Å². The molecule has 0 aliphatic heterocycles. The second kappa shape index (κ2) is 12.2. The van der Waals surface area contributed by atoms with E-state index in [9.17, 15) is 4.79 Å². The van der Waals surface area contributed by atoms with E-state index in [1.807, 2.05) is 53.1 Å². The Hall–Kier alpha value is -2.86. The molecule has 0 aliphatic carbocycles. The molecule has 0 aliphatic rings. The first kappa shape index (κ1) is 23.8. The van der Waals surface area contributed by atoms with E-state index in [1.54, 1.807) is 19.4 Å². The molecule has 166 valence electrons. The third-order valence-corrected chi connectivity index (χ3v) is 5.95. The quantitative estimate of drug-likeness (QED) is 0.121. The summed E-state index contributed by atoms with van der Waals surface area (Å²) in [5.74, 6) is 1.36. The number of carbonyl (C=O) groups excluding carboxylic acids is 1. The van der Waals surface area contributed by atoms with Crippen molar-refractivity contribution in [2.24, 2.45) is 5.10 Å². The second-order valence-corrected chi connectivity index (χ2v) is 8.67. The number of amides is 1. The molecule has 3 rings (SSSR count). The fraction of sp³-hybridized carbons (Fsp3) is 0.182. The van der Waals surface area contributed by atoms with Crippen molar-refractivity contribution in [3.05, 3.63) is 76.1 Å². The lowest BCUT2D eigenvalue weighted by molar-refractivity contribution is -0.118. The van der Waals surface area contributed by atoms with E-state index >= 15 is 0 Å². The summed E-state index contributed by atoms with van der Waals surface area (Å²) >= 11 is 3.57. The number of halogens is 1. The minimum atomic E-state index is -0.243. The number of carbonyl (C=O) groups is 1. The van der Waals surface area contributed by atoms with Gasteiger partial charge in [-0.3, -0.25) is 4.79 Å². The molecule has 0 unspecified atom stereocenters. The molecule has 0 saturated carbocycles. The number of aromatic nitrogens is 3. The lowest BCUT2D eigenvalue weighted by Crippen LogP contribution is -2.20. The minimum absolute atomic E-state index is 0.156. The average Bonchev–Trinajstić information content (AvgIpc) is 3.19. The number of anilines is 1. The maximum Gasteiger partial charge on any atom is 0.250 e. The van der Waals surface area contributed by atoms with E-state index in [4.69, 9.17) is 4.74 Å². The molecule has 10 heteroatoms. The molecule has 8 nitrogen and oxygen atoms in total. The standard InChI is InChI=1S/C22H23IN6O2S/c1-3-12-29-20(14-24-18-10-8-17(23)9-11-18)26-28-22(29)32-15-21(30)27-25-13-16-6-4-5-7-19(16)31-2/h3-11,13,24H,1,12,14-15H2,2H3,(H,27,30)/b25-13+. The van der Waals surface area contributed by atoms with Crippen molar-refractivity contribution in [1.29, 1.82) is 0 Å². The second-order valence-electron chi connectivity index (χ2n) is 6.48. The lowest BCUT2D eigenvalue weighted by Gasteiger charge is -2.09. The number of nitrogens with zero attached hydrogens (tertiary/aromatic N) is 4. The molecule has 0 fully saturated rings. The Balaban J connectivity index is 1.55. The molecule has 1 heterocycles. The van der Waals surface area contributed by atoms with Gasteiger partial charge in [-0.05, 0) is 59.0 Å². The van der Waals surface area contributed by atoms with Crippen molar-refractivity contribution in [2.75, 3.05) is 18.2 Å². The van der Waals surface area contributed by atoms with E-state index in [0.29, 0.717) is 24.0 Å². The third kappa shape index (κ3) is 6.82. The Morgan fingerprint density at radius 1 is 1.25 bits per heavy atom. The van der Waals surface area contributed by atoms with Crippen molar-refractivity contribution in [3.8, 4) is 5.75 Å². The Labute approximate surface area is 204 Å². The maximum absolute atomic E-state index is 12.2. The van der Waals surface area contributed by atoms with Crippen molar-refractivity contribution in [1.82, 2.24) is 20.2 Å². The van der Waals surface area contributed by atoms with Gasteiger partial charge in [-0.15, -0.1) is 16.8 Å². The maximum atomic E-state index is 12.2. The number of thioether (sulfide) groups is 1. The first-order valence-corrected chi connectivity index (χ1v) is 11.8. The van der Waals surface area contributed by atoms with Gasteiger partial charge in [0.1, 0.15) is 5.75 Å². The highest BCUT2D eigenvalue weighted by atomic mass is 127. The predicted octanol–water partition coefficient (Wildman–Crippen LogP) is 3.93. The molecule has 2 N–H and O–H groups in total. The van der Waals surface area contributed by atoms with Gasteiger partial charge >= 0.3 is 0 Å². The molecule has 32 heavy (non-hydrogen) atoms. The summed E-state index contributed by atoms with van der Waals surface area (Å²) in [5, 5.41) is 16.5. The summed E-state index contributed by atoms with van der Waals surface area (Å²) in [6.45, 7) is 4.87. The fourth-order valence-corrected chi connectivity index (χ4v) is 3.85. The van der Waals surface area contributed by atoms with Crippen molar-refractivity contribution in [2.45, 2.75) is 18.2 Å². The molecule has 1 amide bonds. The van der Waals surface area contributed by atoms with Crippen LogP contribution >= 0.6 is 34.4 Å². The van der Waals surface area contributed by atoms with Gasteiger partial charge in [-0.2, -0.15) is 5.10 Å². The van der Waals surface area contributed by atoms with Crippen LogP contribution in [0.4, 0.5) is 5.69 Å². The number of allylic oxidation sites excluding steroid dienone is 1. The number of nitrogens with one attached hydrogen (secondary N) is 2. The summed E-state index contributed by atoms with van der Waals surface area (Å²) in [6.07, 6.45) is 3.33. The van der Waals surface area contributed by atoms with Gasteiger partial charge in [0.15, 0.2) is 11.0 Å². The Morgan fingerprint density at radius 3 is 2.78 bits per heavy atom. The van der Waals surface area contributed by atoms with Crippen LogP contribution in [0.3, 0.4) is 0 Å². The van der Waals surface area contributed by atoms with Gasteiger partial charge in [0.25, 0.3) is 5.91 Å². The van der Waals surface area contributed by atoms with Gasteiger partial charge in [-0.25, -0.2) is 5.43 Å². The summed E-state index contributed by atoms with van der Waals surface area (Å²) < 4.78 is 8.37. The molecule has 0 bridgehead atoms. The van der Waals surface area contributed by atoms with E-state index in [0.717, 1.165) is 17.1 Å². The van der Waals surface area contributed by atoms with Crippen LogP contribution in [0.2, 0.25) is 0 Å². The molecule has 2 aromatic carbocycles. The topological polar surface area (TPSA) is 93.4 Å². The molecule has 3 aromatic rings. The number of benzene rings is 2. The first-order chi connectivity index (χ1) is 15.6. The monoisotopic (exact) mass is 562 g/mol. The van der Waals surface area contributed by atoms with Gasteiger partial charge in [0.05, 0.1) is 25.6 Å². The lowest BCUT2D eigenvalue weighted by atomic mass is 10.2. The zero-order valence-electron chi connectivity index (χ0n) is 17.5. The van der Waals surface area contributed by atoms with Gasteiger partial charge < -0.3 is 14.6 Å². The molecule has 0 atom stereocenters. The van der Waals surface area contributed by atoms with Crippen molar-refractivity contribution >= 4 is 52.2 Å². The number of methoxy groups -OCH3 is 1. The minimum Gasteiger partial charge on any atom is -0.496 e. The summed E-state index contributed by atoms with van der Waals surface area (Å²) in [7, 11) is 1.59. The number of hydrogen-bond donors (Lipinski definition) is 2. The zero-order valence-corrected chi connectivity index (χ0v) is 20.5. The van der Waals surface area contributed by atoms with Crippen LogP contribution < -0.4 is 15.5 Å². The molecular formula is C22H23IN6O2S. The summed E-state index contributed by atoms with van der Waals surface area (Å²) in [5.41, 5.74) is 4.30. The number of ether oxygens (including phenoxy) is 1. The average molecular weight is 562 g/mol. The Kier molecular flexibility index (Phi) is 9.11. The summed E-state index contributed by atoms with van der Waals surface area (Å²) in [6, 6.07) is 15.5. The fourth-order valence-electron chi connectivity index (χ4n) is 2.73. The highest BCUT2D eigenvalue weighted by Crippen LogP contribution is 2.19. The summed E-state index contributed by atoms with van der Waals surface area (Å²) in [4.78, 5) is 12.2. The molecule has 0 radical (unpaired) electrons. The normalized spacial score (nSPS) is 10.8. The van der Waals surface area contributed by atoms with Gasteiger partial charge in [0, 0.05) is 21.4 Å². The first-order valence-electron chi connectivity index (χ1n) is 9.71. The van der Waals surface area contributed by atoms with Crippen molar-refractivity contribution in [3.63, 3.8) is 0 Å². The number of para-hydroxylation sites is 1. The van der Waals surface area contributed by atoms with Gasteiger partial charge in [0.2, 0.25) is 0 Å². The number of hydrogen-bond acceptors (Lipinski definition) is 7. The highest BCUT2D eigenvalue weighted by Gasteiger charge is 2.13. The smallest absolute Gasteiger partial charge is 0.250 e. The molecule has 0 spiro atoms. The zero-order chi connectivity index (χ0) is 22.8. The van der Waals surface area contributed by atoms with Crippen molar-refractivity contribution < 1.29 is 9.53 Å². The van der Waals surface area contributed by atoms with E-state index in [1.165, 1.54) is 15.3 Å². The van der Waals surface area contributed by atoms with Gasteiger partial charge in [-0.1, -0.05) is 30.0 Å². The highest BCUT2D eigenvalue weighted by molar-refractivity contribution is 14.1. The predicted molar refractivity (Wildman–Crippen MR) is 136 cm³/mol.